The molecular formula is C10H14N2OS2. The zero-order valence-electron chi connectivity index (χ0n) is 8.39. The van der Waals surface area contributed by atoms with E-state index in [4.69, 9.17) is 22.7 Å². The molecule has 15 heavy (non-hydrogen) atoms. The molecule has 2 rings (SSSR count). The molecule has 1 fully saturated rings. The minimum absolute atomic E-state index is 0.0753. The monoisotopic (exact) mass is 242 g/mol. The molecule has 0 saturated carbocycles. The highest BCUT2D eigenvalue weighted by atomic mass is 32.1. The smallest absolute Gasteiger partial charge is 0.120 e. The molecule has 1 aliphatic heterocycles. The Kier molecular flexibility index (Phi) is 3.69. The lowest BCUT2D eigenvalue weighted by Gasteiger charge is -2.31. The molecule has 0 spiro atoms. The van der Waals surface area contributed by atoms with Gasteiger partial charge in [-0.3, -0.25) is 4.90 Å². The van der Waals surface area contributed by atoms with Crippen molar-refractivity contribution < 1.29 is 4.74 Å². The van der Waals surface area contributed by atoms with Crippen LogP contribution in [0.15, 0.2) is 17.5 Å². The van der Waals surface area contributed by atoms with E-state index in [1.54, 1.807) is 11.3 Å². The van der Waals surface area contributed by atoms with Gasteiger partial charge >= 0.3 is 0 Å². The summed E-state index contributed by atoms with van der Waals surface area (Å²) in [6.45, 7) is 3.46. The van der Waals surface area contributed by atoms with Crippen molar-refractivity contribution in [2.24, 2.45) is 5.73 Å². The summed E-state index contributed by atoms with van der Waals surface area (Å²) >= 11 is 6.72. The van der Waals surface area contributed by atoms with Crippen molar-refractivity contribution in [1.29, 1.82) is 0 Å². The summed E-state index contributed by atoms with van der Waals surface area (Å²) in [5.74, 6) is 0. The summed E-state index contributed by atoms with van der Waals surface area (Å²) in [4.78, 5) is 4.17. The van der Waals surface area contributed by atoms with E-state index in [9.17, 15) is 0 Å². The third-order valence-corrected chi connectivity index (χ3v) is 3.55. The molecule has 5 heteroatoms. The van der Waals surface area contributed by atoms with Crippen molar-refractivity contribution in [2.75, 3.05) is 19.7 Å². The Morgan fingerprint density at radius 1 is 1.73 bits per heavy atom. The molecule has 1 aliphatic rings. The number of hydrogen-bond acceptors (Lipinski definition) is 4. The van der Waals surface area contributed by atoms with Crippen LogP contribution in [0.4, 0.5) is 0 Å². The molecule has 1 aromatic heterocycles. The third kappa shape index (κ3) is 2.98. The van der Waals surface area contributed by atoms with E-state index < -0.39 is 0 Å². The topological polar surface area (TPSA) is 38.5 Å². The molecule has 0 bridgehead atoms. The van der Waals surface area contributed by atoms with Crippen LogP contribution < -0.4 is 5.73 Å². The molecule has 1 aromatic rings. The molecule has 3 nitrogen and oxygen atoms in total. The van der Waals surface area contributed by atoms with Crippen LogP contribution >= 0.6 is 23.6 Å². The van der Waals surface area contributed by atoms with Crippen LogP contribution in [0.3, 0.4) is 0 Å². The molecule has 82 valence electrons. The van der Waals surface area contributed by atoms with Crippen molar-refractivity contribution in [3.05, 3.63) is 22.4 Å². The molecule has 1 atom stereocenters. The van der Waals surface area contributed by atoms with Gasteiger partial charge in [0, 0.05) is 24.5 Å². The zero-order chi connectivity index (χ0) is 10.7. The fourth-order valence-electron chi connectivity index (χ4n) is 1.64. The Bertz CT molecular complexity index is 326. The van der Waals surface area contributed by atoms with Crippen LogP contribution in [0.2, 0.25) is 0 Å². The summed E-state index contributed by atoms with van der Waals surface area (Å²) in [7, 11) is 0. The first kappa shape index (κ1) is 11.0. The quantitative estimate of drug-likeness (QED) is 0.809. The number of thiophene rings is 1. The van der Waals surface area contributed by atoms with Gasteiger partial charge in [-0.2, -0.15) is 0 Å². The fourth-order valence-corrected chi connectivity index (χ4v) is 2.53. The minimum Gasteiger partial charge on any atom is -0.391 e. The number of hydrogen-bond donors (Lipinski definition) is 1. The second kappa shape index (κ2) is 5.03. The molecule has 1 saturated heterocycles. The average Bonchev–Trinajstić information content (AvgIpc) is 2.71. The van der Waals surface area contributed by atoms with Gasteiger partial charge in [0.2, 0.25) is 0 Å². The predicted octanol–water partition coefficient (Wildman–Crippen LogP) is 1.24. The van der Waals surface area contributed by atoms with Gasteiger partial charge in [-0.05, 0) is 11.4 Å². The molecule has 2 heterocycles. The highest BCUT2D eigenvalue weighted by Crippen LogP contribution is 2.14. The van der Waals surface area contributed by atoms with Gasteiger partial charge in [0.1, 0.15) is 11.1 Å². The number of nitrogens with two attached hydrogens (primary N) is 1. The van der Waals surface area contributed by atoms with E-state index in [0.717, 1.165) is 19.6 Å². The van der Waals surface area contributed by atoms with Gasteiger partial charge in [0.15, 0.2) is 0 Å². The molecule has 2 N–H and O–H groups in total. The Morgan fingerprint density at radius 3 is 3.27 bits per heavy atom. The van der Waals surface area contributed by atoms with Crippen molar-refractivity contribution in [3.63, 3.8) is 0 Å². The minimum atomic E-state index is -0.0753. The van der Waals surface area contributed by atoms with Crippen LogP contribution in [0, 0.1) is 0 Å². The number of nitrogens with zero attached hydrogens (tertiary/aromatic N) is 1. The van der Waals surface area contributed by atoms with Gasteiger partial charge in [-0.25, -0.2) is 0 Å². The van der Waals surface area contributed by atoms with Crippen LogP contribution in [0.5, 0.6) is 0 Å². The first-order valence-corrected chi connectivity index (χ1v) is 6.20. The lowest BCUT2D eigenvalue weighted by atomic mass is 10.2. The fraction of sp³-hybridized carbons (Fsp3) is 0.500. The first-order chi connectivity index (χ1) is 7.25. The highest BCUT2D eigenvalue weighted by Gasteiger charge is 2.22. The average molecular weight is 242 g/mol. The zero-order valence-corrected chi connectivity index (χ0v) is 10.0. The maximum Gasteiger partial charge on any atom is 0.120 e. The van der Waals surface area contributed by atoms with Gasteiger partial charge in [-0.15, -0.1) is 11.3 Å². The Hall–Kier alpha value is -0.490. The third-order valence-electron chi connectivity index (χ3n) is 2.43. The second-order valence-electron chi connectivity index (χ2n) is 3.58. The molecule has 0 aliphatic carbocycles. The van der Waals surface area contributed by atoms with Crippen LogP contribution in [0.25, 0.3) is 0 Å². The number of morpholine rings is 1. The van der Waals surface area contributed by atoms with E-state index in [1.807, 2.05) is 0 Å². The summed E-state index contributed by atoms with van der Waals surface area (Å²) in [6, 6.07) is 4.22. The van der Waals surface area contributed by atoms with Crippen LogP contribution in [-0.4, -0.2) is 35.7 Å². The highest BCUT2D eigenvalue weighted by molar-refractivity contribution is 7.80. The van der Waals surface area contributed by atoms with E-state index >= 15 is 0 Å². The van der Waals surface area contributed by atoms with Crippen molar-refractivity contribution >= 4 is 28.5 Å². The Labute approximate surface area is 98.8 Å². The first-order valence-electron chi connectivity index (χ1n) is 4.91. The van der Waals surface area contributed by atoms with Gasteiger partial charge in [0.25, 0.3) is 0 Å². The normalized spacial score (nSPS) is 22.8. The molecule has 1 unspecified atom stereocenters. The van der Waals surface area contributed by atoms with Gasteiger partial charge in [0.05, 0.1) is 6.61 Å². The largest absolute Gasteiger partial charge is 0.391 e. The van der Waals surface area contributed by atoms with Crippen molar-refractivity contribution in [3.8, 4) is 0 Å². The van der Waals surface area contributed by atoms with Gasteiger partial charge in [-0.1, -0.05) is 18.3 Å². The SMILES string of the molecule is NC(=S)C1CN(Cc2cccs2)CCO1. The summed E-state index contributed by atoms with van der Waals surface area (Å²) in [6.07, 6.45) is -0.0753. The molecule has 0 radical (unpaired) electrons. The summed E-state index contributed by atoms with van der Waals surface area (Å²) in [5, 5.41) is 2.10. The van der Waals surface area contributed by atoms with Crippen molar-refractivity contribution in [2.45, 2.75) is 12.6 Å². The van der Waals surface area contributed by atoms with E-state index in [-0.39, 0.29) is 6.10 Å². The standard InChI is InChI=1S/C10H14N2OS2/c11-10(14)9-7-12(3-4-13-9)6-8-2-1-5-15-8/h1-2,5,9H,3-4,6-7H2,(H2,11,14). The second-order valence-corrected chi connectivity index (χ2v) is 5.08. The molecular weight excluding hydrogens is 228 g/mol. The summed E-state index contributed by atoms with van der Waals surface area (Å²) < 4.78 is 5.48. The Balaban J connectivity index is 1.90. The lowest BCUT2D eigenvalue weighted by molar-refractivity contribution is 0.00428. The summed E-state index contributed by atoms with van der Waals surface area (Å²) in [5.41, 5.74) is 5.59. The number of ether oxygens (including phenoxy) is 1. The maximum atomic E-state index is 5.59. The molecule has 0 amide bonds. The van der Waals surface area contributed by atoms with Gasteiger partial charge < -0.3 is 10.5 Å². The lowest BCUT2D eigenvalue weighted by Crippen LogP contribution is -2.47. The van der Waals surface area contributed by atoms with E-state index in [2.05, 4.69) is 22.4 Å². The number of rotatable bonds is 3. The van der Waals surface area contributed by atoms with E-state index in [1.165, 1.54) is 4.88 Å². The molecule has 0 aromatic carbocycles. The Morgan fingerprint density at radius 2 is 2.60 bits per heavy atom. The predicted molar refractivity (Wildman–Crippen MR) is 66.1 cm³/mol. The van der Waals surface area contributed by atoms with Crippen LogP contribution in [-0.2, 0) is 11.3 Å². The maximum absolute atomic E-state index is 5.59. The number of thiocarbonyl (C=S) groups is 1. The van der Waals surface area contributed by atoms with Crippen molar-refractivity contribution in [1.82, 2.24) is 4.90 Å². The van der Waals surface area contributed by atoms with E-state index in [0.29, 0.717) is 11.6 Å². The van der Waals surface area contributed by atoms with Crippen LogP contribution in [0.1, 0.15) is 4.88 Å².